The van der Waals surface area contributed by atoms with Crippen molar-refractivity contribution in [2.75, 3.05) is 13.7 Å². The van der Waals surface area contributed by atoms with Crippen LogP contribution in [0.1, 0.15) is 79.2 Å². The summed E-state index contributed by atoms with van der Waals surface area (Å²) in [6, 6.07) is 9.44. The molecule has 4 unspecified atom stereocenters. The number of cyclic esters (lactones) is 1. The summed E-state index contributed by atoms with van der Waals surface area (Å²) >= 11 is -1.69. The minimum Gasteiger partial charge on any atom is -0.467 e. The fraction of sp³-hybridized carbons (Fsp3) is 0.659. The van der Waals surface area contributed by atoms with Gasteiger partial charge in [-0.25, -0.2) is 13.8 Å². The number of carbonyl (C=O) groups is 4. The molecule has 6 aliphatic rings. The van der Waals surface area contributed by atoms with E-state index in [2.05, 4.69) is 13.5 Å². The number of ether oxygens (including phenoxy) is 5. The Kier molecular flexibility index (Phi) is 9.43. The van der Waals surface area contributed by atoms with Gasteiger partial charge >= 0.3 is 23.9 Å². The number of hydrogen-bond donors (Lipinski definition) is 1. The van der Waals surface area contributed by atoms with Crippen LogP contribution in [0.25, 0.3) is 0 Å². The Morgan fingerprint density at radius 2 is 1.67 bits per heavy atom. The Morgan fingerprint density at radius 3 is 2.31 bits per heavy atom. The summed E-state index contributed by atoms with van der Waals surface area (Å²) < 4.78 is 49.7. The summed E-state index contributed by atoms with van der Waals surface area (Å²) in [4.78, 5) is 53.0. The Morgan fingerprint density at radius 1 is 1.02 bits per heavy atom. The van der Waals surface area contributed by atoms with E-state index < -0.39 is 98.2 Å². The van der Waals surface area contributed by atoms with Gasteiger partial charge in [0.25, 0.3) is 0 Å². The molecule has 7 rings (SSSR count). The van der Waals surface area contributed by atoms with Gasteiger partial charge in [0.05, 0.1) is 30.0 Å². The molecule has 1 saturated heterocycles. The zero-order valence-electron chi connectivity index (χ0n) is 32.1. The molecule has 4 aliphatic carbocycles. The van der Waals surface area contributed by atoms with Crippen molar-refractivity contribution in [3.05, 3.63) is 60.2 Å². The van der Waals surface area contributed by atoms with Gasteiger partial charge in [-0.1, -0.05) is 56.8 Å². The average Bonchev–Trinajstić information content (AvgIpc) is 3.90. The Bertz CT molecular complexity index is 1810. The van der Waals surface area contributed by atoms with Crippen molar-refractivity contribution in [2.45, 2.75) is 115 Å². The summed E-state index contributed by atoms with van der Waals surface area (Å²) in [5.74, 6) is -3.54. The maximum absolute atomic E-state index is 13.8. The summed E-state index contributed by atoms with van der Waals surface area (Å²) in [7, 11) is 1.24. The maximum Gasteiger partial charge on any atom is 0.342 e. The molecule has 0 bridgehead atoms. The Hall–Kier alpha value is -3.39. The lowest BCUT2D eigenvalue weighted by atomic mass is 9.32. The van der Waals surface area contributed by atoms with E-state index in [1.54, 1.807) is 6.92 Å². The molecule has 0 radical (unpaired) electrons. The fourth-order valence-electron chi connectivity index (χ4n) is 12.5. The number of methoxy groups -OCH3 is 1. The summed E-state index contributed by atoms with van der Waals surface area (Å²) in [6.07, 6.45) is 1.55. The van der Waals surface area contributed by atoms with Crippen molar-refractivity contribution in [3.8, 4) is 0 Å². The molecule has 13 heteroatoms. The van der Waals surface area contributed by atoms with Crippen LogP contribution in [0.4, 0.5) is 0 Å². The smallest absolute Gasteiger partial charge is 0.342 e. The largest absolute Gasteiger partial charge is 0.467 e. The SMILES string of the molecule is C=C1C[C@@]2(O)C3CC[C@]4(C)C(CC[C@@]5(C(C)OS(=O)Cc6ccccc6)COC(=O)C=C[C@H]54)[C@@]3(C)[C@H](OC(C)=O)[C@H](OC(C)=O)[C@@]2(C)[C@]2(C(=O)OC)O[C@H]12. The van der Waals surface area contributed by atoms with E-state index in [1.807, 2.05) is 50.3 Å². The van der Waals surface area contributed by atoms with Crippen LogP contribution in [0.5, 0.6) is 0 Å². The predicted molar refractivity (Wildman–Crippen MR) is 194 cm³/mol. The van der Waals surface area contributed by atoms with E-state index in [0.29, 0.717) is 31.3 Å². The van der Waals surface area contributed by atoms with Crippen LogP contribution in [0.15, 0.2) is 54.6 Å². The lowest BCUT2D eigenvalue weighted by Gasteiger charge is -2.73. The number of fused-ring (bicyclic) bond motifs is 9. The highest BCUT2D eigenvalue weighted by Gasteiger charge is 2.90. The first-order chi connectivity index (χ1) is 25.4. The van der Waals surface area contributed by atoms with E-state index in [4.69, 9.17) is 27.9 Å². The highest BCUT2D eigenvalue weighted by atomic mass is 32.2. The van der Waals surface area contributed by atoms with E-state index in [9.17, 15) is 28.5 Å². The normalized spacial score (nSPS) is 44.3. The van der Waals surface area contributed by atoms with Crippen molar-refractivity contribution in [1.82, 2.24) is 0 Å². The molecule has 0 amide bonds. The fourth-order valence-corrected chi connectivity index (χ4v) is 13.6. The third-order valence-corrected chi connectivity index (χ3v) is 15.9. The molecule has 2 aliphatic heterocycles. The van der Waals surface area contributed by atoms with E-state index in [1.165, 1.54) is 27.0 Å². The van der Waals surface area contributed by atoms with Crippen molar-refractivity contribution in [1.29, 1.82) is 0 Å². The highest BCUT2D eigenvalue weighted by molar-refractivity contribution is 7.79. The standard InChI is InChI=1S/C41H52O12S/c1-23-20-40(46)30-16-18-36(5)28(17-19-39(22-49-31(44)15-14-29(36)39)24(2)53-54(47)21-27-12-10-9-11-13-27)37(30,6)33(50-25(3)42)34(51-26(4)43)38(40,7)41(32(23)52-41)35(45)48-8/h9-15,24,28-30,32-34,46H,1,16-22H2,2-8H3/t24?,28?,29-,30?,32+,33+,34-,36+,37+,38+,39-,40+,41-,54?/m0/s1. The molecule has 1 aromatic carbocycles. The van der Waals surface area contributed by atoms with E-state index in [0.717, 1.165) is 5.56 Å². The summed E-state index contributed by atoms with van der Waals surface area (Å²) in [5, 5.41) is 13.5. The van der Waals surface area contributed by atoms with Crippen molar-refractivity contribution < 1.29 is 56.4 Å². The monoisotopic (exact) mass is 768 g/mol. The zero-order chi connectivity index (χ0) is 39.2. The molecule has 0 aromatic heterocycles. The second-order valence-electron chi connectivity index (χ2n) is 17.2. The van der Waals surface area contributed by atoms with Crippen molar-refractivity contribution in [2.24, 2.45) is 39.4 Å². The molecule has 1 N–H and O–H groups in total. The first-order valence-corrected chi connectivity index (χ1v) is 20.1. The third kappa shape index (κ3) is 5.20. The van der Waals surface area contributed by atoms with Gasteiger partial charge in [-0.05, 0) is 73.8 Å². The second-order valence-corrected chi connectivity index (χ2v) is 18.2. The first kappa shape index (κ1) is 38.9. The van der Waals surface area contributed by atoms with Gasteiger partial charge in [0.15, 0.2) is 17.2 Å². The minimum atomic E-state index is -1.74. The first-order valence-electron chi connectivity index (χ1n) is 18.8. The van der Waals surface area contributed by atoms with Crippen LogP contribution in [-0.2, 0) is 63.9 Å². The summed E-state index contributed by atoms with van der Waals surface area (Å²) in [5.41, 5.74) is -6.14. The van der Waals surface area contributed by atoms with Crippen LogP contribution >= 0.6 is 0 Å². The molecule has 5 fully saturated rings. The molecular formula is C41H52O12S. The number of carbonyl (C=O) groups excluding carboxylic acids is 4. The third-order valence-electron chi connectivity index (χ3n) is 14.9. The van der Waals surface area contributed by atoms with Crippen LogP contribution in [0, 0.1) is 39.4 Å². The molecule has 12 nitrogen and oxygen atoms in total. The van der Waals surface area contributed by atoms with Crippen molar-refractivity contribution in [3.63, 3.8) is 0 Å². The van der Waals surface area contributed by atoms with Gasteiger partial charge in [-0.2, -0.15) is 0 Å². The van der Waals surface area contributed by atoms with Gasteiger partial charge < -0.3 is 28.8 Å². The van der Waals surface area contributed by atoms with Gasteiger partial charge in [0.1, 0.15) is 18.8 Å². The molecule has 54 heavy (non-hydrogen) atoms. The Labute approximate surface area is 318 Å². The molecular weight excluding hydrogens is 717 g/mol. The lowest BCUT2D eigenvalue weighted by molar-refractivity contribution is -0.336. The van der Waals surface area contributed by atoms with E-state index in [-0.39, 0.29) is 30.6 Å². The highest BCUT2D eigenvalue weighted by Crippen LogP contribution is 2.78. The number of rotatable bonds is 8. The topological polar surface area (TPSA) is 164 Å². The van der Waals surface area contributed by atoms with Gasteiger partial charge in [-0.15, -0.1) is 0 Å². The van der Waals surface area contributed by atoms with Crippen LogP contribution in [0.2, 0.25) is 0 Å². The molecule has 0 spiro atoms. The van der Waals surface area contributed by atoms with Gasteiger partial charge in [0, 0.05) is 37.2 Å². The van der Waals surface area contributed by atoms with Crippen molar-refractivity contribution >= 4 is 35.0 Å². The molecule has 294 valence electrons. The zero-order valence-corrected chi connectivity index (χ0v) is 32.9. The molecule has 2 heterocycles. The minimum absolute atomic E-state index is 0.0430. The molecule has 14 atom stereocenters. The average molecular weight is 769 g/mol. The number of esters is 4. The second kappa shape index (κ2) is 13.1. The Balaban J connectivity index is 1.35. The number of epoxide rings is 1. The number of benzene rings is 1. The van der Waals surface area contributed by atoms with Crippen LogP contribution < -0.4 is 0 Å². The van der Waals surface area contributed by atoms with Gasteiger partial charge in [-0.3, -0.25) is 13.8 Å². The number of allylic oxidation sites excluding steroid dienone is 1. The maximum atomic E-state index is 13.8. The molecule has 4 saturated carbocycles. The number of hydrogen-bond acceptors (Lipinski definition) is 12. The lowest BCUT2D eigenvalue weighted by Crippen LogP contribution is -2.82. The number of aliphatic hydroxyl groups is 1. The van der Waals surface area contributed by atoms with Gasteiger partial charge in [0.2, 0.25) is 5.60 Å². The quantitative estimate of drug-likeness (QED) is 0.168. The predicted octanol–water partition coefficient (Wildman–Crippen LogP) is 4.69. The van der Waals surface area contributed by atoms with Crippen LogP contribution in [-0.4, -0.2) is 82.5 Å². The van der Waals surface area contributed by atoms with Crippen LogP contribution in [0.3, 0.4) is 0 Å². The summed E-state index contributed by atoms with van der Waals surface area (Å²) in [6.45, 7) is 14.6. The van der Waals surface area contributed by atoms with E-state index >= 15 is 0 Å². The molecule has 1 aromatic rings.